The van der Waals surface area contributed by atoms with Crippen molar-refractivity contribution in [3.05, 3.63) is 72.3 Å². The van der Waals surface area contributed by atoms with E-state index in [1.165, 1.54) is 12.1 Å². The number of ether oxygens (including phenoxy) is 2. The van der Waals surface area contributed by atoms with E-state index in [4.69, 9.17) is 9.47 Å². The largest absolute Gasteiger partial charge is 0.490 e. The molecule has 1 unspecified atom stereocenters. The molecule has 2 heterocycles. The molecule has 1 aliphatic rings. The lowest BCUT2D eigenvalue weighted by molar-refractivity contribution is -0.121. The van der Waals surface area contributed by atoms with Crippen LogP contribution in [0.2, 0.25) is 0 Å². The van der Waals surface area contributed by atoms with Crippen molar-refractivity contribution < 1.29 is 22.7 Å². The second-order valence-corrected chi connectivity index (χ2v) is 9.38. The fraction of sp³-hybridized carbons (Fsp3) is 0.304. The number of amides is 1. The van der Waals surface area contributed by atoms with Crippen molar-refractivity contribution in [2.75, 3.05) is 19.8 Å². The van der Waals surface area contributed by atoms with Crippen molar-refractivity contribution in [2.24, 2.45) is 7.05 Å². The number of aromatic nitrogens is 2. The van der Waals surface area contributed by atoms with Crippen molar-refractivity contribution in [1.29, 1.82) is 0 Å². The Morgan fingerprint density at radius 1 is 1.12 bits per heavy atom. The summed E-state index contributed by atoms with van der Waals surface area (Å²) in [4.78, 5) is 17.1. The number of nitrogens with one attached hydrogen (secondary N) is 2. The highest BCUT2D eigenvalue weighted by Gasteiger charge is 2.22. The molecule has 0 saturated carbocycles. The zero-order valence-corrected chi connectivity index (χ0v) is 19.0. The molecule has 1 aromatic heterocycles. The standard InChI is InChI=1S/C23H26N4O5S/c1-27-13-12-24-23(27)22(17-6-3-2-4-7-17)26-21(28)10-11-25-33(29,30)18-8-9-19-20(16-18)32-15-5-14-31-19/h2-4,6-9,12-13,16,22,25H,5,10-11,14-15H2,1H3,(H,26,28). The molecule has 4 rings (SSSR count). The summed E-state index contributed by atoms with van der Waals surface area (Å²) in [5.41, 5.74) is 0.882. The molecule has 1 amide bonds. The molecule has 1 atom stereocenters. The topological polar surface area (TPSA) is 112 Å². The van der Waals surface area contributed by atoms with Gasteiger partial charge in [-0.25, -0.2) is 18.1 Å². The minimum atomic E-state index is -3.81. The number of sulfonamides is 1. The van der Waals surface area contributed by atoms with Crippen LogP contribution in [0, 0.1) is 0 Å². The first kappa shape index (κ1) is 22.8. The molecule has 33 heavy (non-hydrogen) atoms. The van der Waals surface area contributed by atoms with Crippen molar-refractivity contribution in [1.82, 2.24) is 19.6 Å². The molecule has 0 saturated heterocycles. The molecule has 0 radical (unpaired) electrons. The van der Waals surface area contributed by atoms with E-state index in [0.29, 0.717) is 30.5 Å². The van der Waals surface area contributed by atoms with Crippen LogP contribution in [0.1, 0.15) is 30.3 Å². The molecule has 0 bridgehead atoms. The summed E-state index contributed by atoms with van der Waals surface area (Å²) >= 11 is 0. The lowest BCUT2D eigenvalue weighted by atomic mass is 10.1. The summed E-state index contributed by atoms with van der Waals surface area (Å²) in [5, 5.41) is 2.96. The lowest BCUT2D eigenvalue weighted by Gasteiger charge is -2.19. The summed E-state index contributed by atoms with van der Waals surface area (Å²) < 4.78 is 40.8. The summed E-state index contributed by atoms with van der Waals surface area (Å²) in [6, 6.07) is 13.5. The number of fused-ring (bicyclic) bond motifs is 1. The smallest absolute Gasteiger partial charge is 0.240 e. The maximum absolute atomic E-state index is 12.7. The van der Waals surface area contributed by atoms with Gasteiger partial charge in [-0.15, -0.1) is 0 Å². The van der Waals surface area contributed by atoms with E-state index in [1.54, 1.807) is 18.5 Å². The van der Waals surface area contributed by atoms with Crippen LogP contribution in [0.3, 0.4) is 0 Å². The maximum atomic E-state index is 12.7. The molecule has 9 nitrogen and oxygen atoms in total. The molecule has 0 aliphatic carbocycles. The number of carbonyl (C=O) groups is 1. The Bertz CT molecular complexity index is 1210. The van der Waals surface area contributed by atoms with Crippen LogP contribution in [0.5, 0.6) is 11.5 Å². The molecular formula is C23H26N4O5S. The summed E-state index contributed by atoms with van der Waals surface area (Å²) in [6.07, 6.45) is 4.17. The fourth-order valence-corrected chi connectivity index (χ4v) is 4.57. The first-order valence-electron chi connectivity index (χ1n) is 10.6. The predicted octanol–water partition coefficient (Wildman–Crippen LogP) is 2.16. The molecule has 2 aromatic carbocycles. The Hall–Kier alpha value is -3.37. The third kappa shape index (κ3) is 5.52. The Balaban J connectivity index is 1.39. The van der Waals surface area contributed by atoms with E-state index in [0.717, 1.165) is 12.0 Å². The monoisotopic (exact) mass is 470 g/mol. The zero-order chi connectivity index (χ0) is 23.3. The summed E-state index contributed by atoms with van der Waals surface area (Å²) in [5.74, 6) is 1.30. The van der Waals surface area contributed by atoms with Gasteiger partial charge in [0.1, 0.15) is 11.9 Å². The molecule has 1 aliphatic heterocycles. The van der Waals surface area contributed by atoms with Crippen LogP contribution < -0.4 is 19.5 Å². The van der Waals surface area contributed by atoms with Crippen LogP contribution >= 0.6 is 0 Å². The second kappa shape index (κ2) is 10.1. The van der Waals surface area contributed by atoms with E-state index in [-0.39, 0.29) is 23.8 Å². The van der Waals surface area contributed by atoms with Gasteiger partial charge in [-0.1, -0.05) is 30.3 Å². The van der Waals surface area contributed by atoms with E-state index in [2.05, 4.69) is 15.0 Å². The second-order valence-electron chi connectivity index (χ2n) is 7.61. The van der Waals surface area contributed by atoms with E-state index >= 15 is 0 Å². The predicted molar refractivity (Wildman–Crippen MR) is 121 cm³/mol. The van der Waals surface area contributed by atoms with Crippen molar-refractivity contribution >= 4 is 15.9 Å². The quantitative estimate of drug-likeness (QED) is 0.522. The molecule has 0 fully saturated rings. The average Bonchev–Trinajstić information content (AvgIpc) is 3.09. The van der Waals surface area contributed by atoms with Gasteiger partial charge >= 0.3 is 0 Å². The van der Waals surface area contributed by atoms with Crippen molar-refractivity contribution in [3.8, 4) is 11.5 Å². The van der Waals surface area contributed by atoms with Crippen LogP contribution in [-0.4, -0.2) is 43.6 Å². The maximum Gasteiger partial charge on any atom is 0.240 e. The normalized spacial score (nSPS) is 14.3. The van der Waals surface area contributed by atoms with Gasteiger partial charge in [0, 0.05) is 44.9 Å². The third-order valence-corrected chi connectivity index (χ3v) is 6.69. The van der Waals surface area contributed by atoms with Crippen LogP contribution in [0.25, 0.3) is 0 Å². The van der Waals surface area contributed by atoms with Gasteiger partial charge in [-0.05, 0) is 17.7 Å². The SMILES string of the molecule is Cn1ccnc1C(NC(=O)CCNS(=O)(=O)c1ccc2c(c1)OCCCO2)c1ccccc1. The Morgan fingerprint density at radius 2 is 1.88 bits per heavy atom. The molecule has 3 aromatic rings. The first-order chi connectivity index (χ1) is 15.9. The highest BCUT2D eigenvalue weighted by Crippen LogP contribution is 2.31. The number of carbonyl (C=O) groups excluding carboxylic acids is 1. The lowest BCUT2D eigenvalue weighted by Crippen LogP contribution is -2.34. The van der Waals surface area contributed by atoms with E-state index < -0.39 is 16.1 Å². The van der Waals surface area contributed by atoms with Gasteiger partial charge in [0.05, 0.1) is 18.1 Å². The fourth-order valence-electron chi connectivity index (χ4n) is 3.52. The molecule has 174 valence electrons. The number of rotatable bonds is 8. The number of hydrogen-bond donors (Lipinski definition) is 2. The van der Waals surface area contributed by atoms with Crippen LogP contribution in [0.4, 0.5) is 0 Å². The van der Waals surface area contributed by atoms with Gasteiger partial charge < -0.3 is 19.4 Å². The Kier molecular flexibility index (Phi) is 6.95. The number of imidazole rings is 1. The Labute approximate surface area is 192 Å². The summed E-state index contributed by atoms with van der Waals surface area (Å²) in [7, 11) is -1.96. The number of aryl methyl sites for hydroxylation is 1. The minimum absolute atomic E-state index is 0.0302. The van der Waals surface area contributed by atoms with E-state index in [9.17, 15) is 13.2 Å². The highest BCUT2D eigenvalue weighted by atomic mass is 32.2. The van der Waals surface area contributed by atoms with Crippen LogP contribution in [0.15, 0.2) is 65.8 Å². The van der Waals surface area contributed by atoms with Crippen molar-refractivity contribution in [3.63, 3.8) is 0 Å². The molecule has 10 heteroatoms. The van der Waals surface area contributed by atoms with Crippen LogP contribution in [-0.2, 0) is 21.9 Å². The number of nitrogens with zero attached hydrogens (tertiary/aromatic N) is 2. The number of hydrogen-bond acceptors (Lipinski definition) is 6. The van der Waals surface area contributed by atoms with Gasteiger partial charge in [-0.3, -0.25) is 4.79 Å². The van der Waals surface area contributed by atoms with Gasteiger partial charge in [0.15, 0.2) is 11.5 Å². The highest BCUT2D eigenvalue weighted by molar-refractivity contribution is 7.89. The van der Waals surface area contributed by atoms with E-state index in [1.807, 2.05) is 41.9 Å². The van der Waals surface area contributed by atoms with Crippen molar-refractivity contribution in [2.45, 2.75) is 23.8 Å². The first-order valence-corrected chi connectivity index (χ1v) is 12.1. The molecular weight excluding hydrogens is 444 g/mol. The average molecular weight is 471 g/mol. The van der Waals surface area contributed by atoms with Gasteiger partial charge in [-0.2, -0.15) is 0 Å². The molecule has 2 N–H and O–H groups in total. The summed E-state index contributed by atoms with van der Waals surface area (Å²) in [6.45, 7) is 0.933. The molecule has 0 spiro atoms. The minimum Gasteiger partial charge on any atom is -0.490 e. The number of benzene rings is 2. The third-order valence-electron chi connectivity index (χ3n) is 5.23. The Morgan fingerprint density at radius 3 is 2.61 bits per heavy atom. The van der Waals surface area contributed by atoms with Gasteiger partial charge in [0.2, 0.25) is 15.9 Å². The van der Waals surface area contributed by atoms with Gasteiger partial charge in [0.25, 0.3) is 0 Å². The zero-order valence-electron chi connectivity index (χ0n) is 18.2.